The lowest BCUT2D eigenvalue weighted by Gasteiger charge is -2.19. The van der Waals surface area contributed by atoms with E-state index in [1.165, 1.54) is 28.2 Å². The van der Waals surface area contributed by atoms with Gasteiger partial charge in [-0.15, -0.1) is 11.3 Å². The van der Waals surface area contributed by atoms with Crippen molar-refractivity contribution in [3.63, 3.8) is 0 Å². The van der Waals surface area contributed by atoms with E-state index in [0.717, 1.165) is 18.0 Å². The van der Waals surface area contributed by atoms with E-state index in [1.54, 1.807) is 12.0 Å². The van der Waals surface area contributed by atoms with Gasteiger partial charge in [0, 0.05) is 21.1 Å². The van der Waals surface area contributed by atoms with Crippen LogP contribution >= 0.6 is 23.1 Å². The molecule has 0 aliphatic carbocycles. The van der Waals surface area contributed by atoms with E-state index >= 15 is 0 Å². The lowest BCUT2D eigenvalue weighted by molar-refractivity contribution is 0.404. The highest BCUT2D eigenvalue weighted by Crippen LogP contribution is 2.38. The summed E-state index contributed by atoms with van der Waals surface area (Å²) < 4.78 is 5.56. The number of fused-ring (bicyclic) bond motifs is 1. The van der Waals surface area contributed by atoms with Gasteiger partial charge in [-0.2, -0.15) is 11.8 Å². The Kier molecular flexibility index (Phi) is 4.88. The van der Waals surface area contributed by atoms with Crippen molar-refractivity contribution >= 4 is 23.1 Å². The van der Waals surface area contributed by atoms with Crippen LogP contribution < -0.4 is 10.1 Å². The number of ether oxygens (including phenoxy) is 1. The predicted molar refractivity (Wildman–Crippen MR) is 92.7 cm³/mol. The summed E-state index contributed by atoms with van der Waals surface area (Å²) in [5, 5.41) is 3.62. The van der Waals surface area contributed by atoms with Gasteiger partial charge >= 0.3 is 0 Å². The number of methoxy groups -OCH3 is 1. The minimum absolute atomic E-state index is 0.228. The molecule has 4 heteroatoms. The molecule has 0 saturated carbocycles. The van der Waals surface area contributed by atoms with Gasteiger partial charge in [-0.05, 0) is 36.4 Å². The summed E-state index contributed by atoms with van der Waals surface area (Å²) in [6, 6.07) is 11.0. The molecule has 0 fully saturated rings. The molecule has 0 amide bonds. The van der Waals surface area contributed by atoms with E-state index in [2.05, 4.69) is 30.4 Å². The largest absolute Gasteiger partial charge is 0.496 e. The third-order valence-electron chi connectivity index (χ3n) is 3.79. The van der Waals surface area contributed by atoms with Crippen LogP contribution in [-0.4, -0.2) is 19.4 Å². The van der Waals surface area contributed by atoms with Crippen LogP contribution in [0.25, 0.3) is 0 Å². The topological polar surface area (TPSA) is 21.3 Å². The van der Waals surface area contributed by atoms with E-state index in [-0.39, 0.29) is 6.04 Å². The molecule has 21 heavy (non-hydrogen) atoms. The van der Waals surface area contributed by atoms with Gasteiger partial charge in [-0.1, -0.05) is 25.1 Å². The second-order valence-corrected chi connectivity index (χ2v) is 7.41. The summed E-state index contributed by atoms with van der Waals surface area (Å²) in [7, 11) is 1.75. The molecule has 0 bridgehead atoms. The first-order chi connectivity index (χ1) is 10.3. The Morgan fingerprint density at radius 1 is 1.33 bits per heavy atom. The molecule has 1 aliphatic rings. The van der Waals surface area contributed by atoms with Crippen LogP contribution in [0.1, 0.15) is 33.8 Å². The van der Waals surface area contributed by atoms with Crippen LogP contribution in [0.5, 0.6) is 5.75 Å². The average Bonchev–Trinajstić information content (AvgIpc) is 2.96. The third-order valence-corrected chi connectivity index (χ3v) is 6.10. The molecule has 2 nitrogen and oxygen atoms in total. The Morgan fingerprint density at radius 3 is 2.95 bits per heavy atom. The zero-order valence-electron chi connectivity index (χ0n) is 12.5. The van der Waals surface area contributed by atoms with E-state index in [0.29, 0.717) is 0 Å². The lowest BCUT2D eigenvalue weighted by atomic mass is 10.0. The molecule has 112 valence electrons. The fraction of sp³-hybridized carbons (Fsp3) is 0.412. The van der Waals surface area contributed by atoms with Crippen molar-refractivity contribution in [2.24, 2.45) is 0 Å². The van der Waals surface area contributed by atoms with Gasteiger partial charge in [0.25, 0.3) is 0 Å². The fourth-order valence-corrected chi connectivity index (χ4v) is 5.26. The smallest absolute Gasteiger partial charge is 0.124 e. The van der Waals surface area contributed by atoms with Crippen LogP contribution in [0.4, 0.5) is 0 Å². The number of hydrogen-bond acceptors (Lipinski definition) is 4. The van der Waals surface area contributed by atoms with Crippen LogP contribution in [-0.2, 0) is 12.2 Å². The molecule has 1 aromatic heterocycles. The second kappa shape index (κ2) is 6.86. The van der Waals surface area contributed by atoms with E-state index in [1.807, 2.05) is 35.2 Å². The quantitative estimate of drug-likeness (QED) is 0.890. The summed E-state index contributed by atoms with van der Waals surface area (Å²) >= 11 is 4.01. The summed E-state index contributed by atoms with van der Waals surface area (Å²) in [4.78, 5) is 2.98. The number of para-hydroxylation sites is 1. The molecule has 0 radical (unpaired) electrons. The van der Waals surface area contributed by atoms with Gasteiger partial charge in [-0.3, -0.25) is 0 Å². The standard InChI is InChI=1S/C17H21NOS2/c1-3-18-17(13-6-4-5-7-14(13)19-2)16-10-12-11-20-9-8-15(12)21-16/h4-7,10,17-18H,3,8-9,11H2,1-2H3. The first-order valence-electron chi connectivity index (χ1n) is 7.39. The molecule has 1 N–H and O–H groups in total. The third kappa shape index (κ3) is 3.12. The highest BCUT2D eigenvalue weighted by molar-refractivity contribution is 7.98. The predicted octanol–water partition coefficient (Wildman–Crippen LogP) is 4.24. The van der Waals surface area contributed by atoms with Crippen LogP contribution in [0.3, 0.4) is 0 Å². The zero-order chi connectivity index (χ0) is 14.7. The summed E-state index contributed by atoms with van der Waals surface area (Å²) in [6.45, 7) is 3.10. The van der Waals surface area contributed by atoms with Crippen molar-refractivity contribution in [2.75, 3.05) is 19.4 Å². The molecule has 0 spiro atoms. The Hall–Kier alpha value is -0.970. The molecule has 1 aromatic carbocycles. The SMILES string of the molecule is CCNC(c1cc2c(s1)CCSC2)c1ccccc1OC. The van der Waals surface area contributed by atoms with Crippen LogP contribution in [0.15, 0.2) is 30.3 Å². The molecule has 1 atom stereocenters. The monoisotopic (exact) mass is 319 g/mol. The molecule has 3 rings (SSSR count). The minimum atomic E-state index is 0.228. The minimum Gasteiger partial charge on any atom is -0.496 e. The fourth-order valence-electron chi connectivity index (χ4n) is 2.79. The number of rotatable bonds is 5. The number of benzene rings is 1. The van der Waals surface area contributed by atoms with E-state index in [4.69, 9.17) is 4.74 Å². The Balaban J connectivity index is 1.99. The maximum absolute atomic E-state index is 5.56. The zero-order valence-corrected chi connectivity index (χ0v) is 14.2. The second-order valence-electron chi connectivity index (χ2n) is 5.13. The number of thiophene rings is 1. The first-order valence-corrected chi connectivity index (χ1v) is 9.36. The van der Waals surface area contributed by atoms with E-state index in [9.17, 15) is 0 Å². The Bertz CT molecular complexity index is 585. The number of thioether (sulfide) groups is 1. The van der Waals surface area contributed by atoms with Crippen molar-refractivity contribution in [2.45, 2.75) is 25.1 Å². The summed E-state index contributed by atoms with van der Waals surface area (Å²) in [5.41, 5.74) is 2.76. The number of aryl methyl sites for hydroxylation is 1. The van der Waals surface area contributed by atoms with Crippen molar-refractivity contribution in [1.82, 2.24) is 5.32 Å². The van der Waals surface area contributed by atoms with Crippen molar-refractivity contribution < 1.29 is 4.74 Å². The van der Waals surface area contributed by atoms with Crippen LogP contribution in [0, 0.1) is 0 Å². The first kappa shape index (κ1) is 14.9. The molecule has 2 aromatic rings. The highest BCUT2D eigenvalue weighted by Gasteiger charge is 2.22. The molecule has 2 heterocycles. The molecular formula is C17H21NOS2. The van der Waals surface area contributed by atoms with Gasteiger partial charge in [-0.25, -0.2) is 0 Å². The number of hydrogen-bond donors (Lipinski definition) is 1. The van der Waals surface area contributed by atoms with E-state index < -0.39 is 0 Å². The normalized spacial score (nSPS) is 15.5. The van der Waals surface area contributed by atoms with Crippen LogP contribution in [0.2, 0.25) is 0 Å². The average molecular weight is 319 g/mol. The summed E-state index contributed by atoms with van der Waals surface area (Å²) in [6.07, 6.45) is 1.22. The maximum Gasteiger partial charge on any atom is 0.124 e. The molecule has 1 aliphatic heterocycles. The maximum atomic E-state index is 5.56. The lowest BCUT2D eigenvalue weighted by Crippen LogP contribution is -2.21. The van der Waals surface area contributed by atoms with Crippen molar-refractivity contribution in [1.29, 1.82) is 0 Å². The van der Waals surface area contributed by atoms with Gasteiger partial charge < -0.3 is 10.1 Å². The summed E-state index contributed by atoms with van der Waals surface area (Å²) in [5.74, 6) is 3.38. The number of nitrogens with one attached hydrogen (secondary N) is 1. The highest BCUT2D eigenvalue weighted by atomic mass is 32.2. The van der Waals surface area contributed by atoms with Gasteiger partial charge in [0.2, 0.25) is 0 Å². The molecule has 0 saturated heterocycles. The van der Waals surface area contributed by atoms with Gasteiger partial charge in [0.15, 0.2) is 0 Å². The molecular weight excluding hydrogens is 298 g/mol. The molecule has 1 unspecified atom stereocenters. The Morgan fingerprint density at radius 2 is 2.19 bits per heavy atom. The van der Waals surface area contributed by atoms with Gasteiger partial charge in [0.1, 0.15) is 5.75 Å². The van der Waals surface area contributed by atoms with Crippen molar-refractivity contribution in [3.05, 3.63) is 51.2 Å². The Labute approximate surface area is 134 Å². The van der Waals surface area contributed by atoms with Gasteiger partial charge in [0.05, 0.1) is 13.2 Å². The van der Waals surface area contributed by atoms with Crippen molar-refractivity contribution in [3.8, 4) is 5.75 Å².